The molecule has 3 aromatic rings. The molecule has 0 saturated heterocycles. The van der Waals surface area contributed by atoms with Gasteiger partial charge >= 0.3 is 0 Å². The van der Waals surface area contributed by atoms with Gasteiger partial charge in [-0.25, -0.2) is 4.39 Å². The third-order valence-electron chi connectivity index (χ3n) is 3.81. The fraction of sp³-hybridized carbons (Fsp3) is 0.167. The van der Waals surface area contributed by atoms with Gasteiger partial charge in [-0.1, -0.05) is 30.3 Å². The molecular formula is C18H17FN2. The summed E-state index contributed by atoms with van der Waals surface area (Å²) >= 11 is 0. The fourth-order valence-electron chi connectivity index (χ4n) is 2.78. The molecule has 0 aliphatic rings. The van der Waals surface area contributed by atoms with E-state index in [9.17, 15) is 4.39 Å². The third kappa shape index (κ3) is 2.52. The molecular weight excluding hydrogens is 263 g/mol. The van der Waals surface area contributed by atoms with Crippen molar-refractivity contribution in [3.8, 4) is 0 Å². The summed E-state index contributed by atoms with van der Waals surface area (Å²) < 4.78 is 13.3. The molecule has 0 fully saturated rings. The minimum absolute atomic E-state index is 0.0586. The zero-order valence-electron chi connectivity index (χ0n) is 12.1. The standard InChI is InChI=1S/C18H17FN2/c1-12-11-14(19)7-8-15(12)17(20-2)18-16-6-4-3-5-13(16)9-10-21-18/h3-11,17,20H,1-2H3. The van der Waals surface area contributed by atoms with Crippen molar-refractivity contribution >= 4 is 10.8 Å². The zero-order valence-corrected chi connectivity index (χ0v) is 12.1. The molecule has 0 amide bonds. The molecule has 0 spiro atoms. The number of nitrogens with one attached hydrogen (secondary N) is 1. The smallest absolute Gasteiger partial charge is 0.123 e. The van der Waals surface area contributed by atoms with Gasteiger partial charge in [0.05, 0.1) is 11.7 Å². The van der Waals surface area contributed by atoms with Gasteiger partial charge in [-0.2, -0.15) is 0 Å². The summed E-state index contributed by atoms with van der Waals surface area (Å²) in [6.07, 6.45) is 1.82. The van der Waals surface area contributed by atoms with Crippen molar-refractivity contribution in [1.82, 2.24) is 10.3 Å². The van der Waals surface area contributed by atoms with E-state index in [0.29, 0.717) is 0 Å². The normalized spacial score (nSPS) is 12.5. The van der Waals surface area contributed by atoms with Crippen LogP contribution in [0.2, 0.25) is 0 Å². The Hall–Kier alpha value is -2.26. The van der Waals surface area contributed by atoms with Crippen molar-refractivity contribution in [1.29, 1.82) is 0 Å². The van der Waals surface area contributed by atoms with Crippen molar-refractivity contribution in [2.75, 3.05) is 7.05 Å². The van der Waals surface area contributed by atoms with E-state index < -0.39 is 0 Å². The highest BCUT2D eigenvalue weighted by Crippen LogP contribution is 2.28. The van der Waals surface area contributed by atoms with Crippen molar-refractivity contribution < 1.29 is 4.39 Å². The van der Waals surface area contributed by atoms with Crippen molar-refractivity contribution in [2.24, 2.45) is 0 Å². The summed E-state index contributed by atoms with van der Waals surface area (Å²) in [5.74, 6) is -0.211. The van der Waals surface area contributed by atoms with Crippen LogP contribution >= 0.6 is 0 Å². The molecule has 2 nitrogen and oxygen atoms in total. The molecule has 1 heterocycles. The lowest BCUT2D eigenvalue weighted by Gasteiger charge is -2.20. The molecule has 0 bridgehead atoms. The van der Waals surface area contributed by atoms with E-state index in [1.165, 1.54) is 6.07 Å². The van der Waals surface area contributed by atoms with Gasteiger partial charge in [-0.3, -0.25) is 4.98 Å². The highest BCUT2D eigenvalue weighted by atomic mass is 19.1. The van der Waals surface area contributed by atoms with Crippen LogP contribution < -0.4 is 5.32 Å². The van der Waals surface area contributed by atoms with Crippen molar-refractivity contribution in [3.05, 3.63) is 77.4 Å². The molecule has 3 rings (SSSR count). The van der Waals surface area contributed by atoms with Gasteiger partial charge in [0, 0.05) is 11.6 Å². The van der Waals surface area contributed by atoms with Gasteiger partial charge in [0.2, 0.25) is 0 Å². The first kappa shape index (κ1) is 13.7. The zero-order chi connectivity index (χ0) is 14.8. The van der Waals surface area contributed by atoms with Gasteiger partial charge in [0.15, 0.2) is 0 Å². The summed E-state index contributed by atoms with van der Waals surface area (Å²) in [6.45, 7) is 1.92. The number of hydrogen-bond donors (Lipinski definition) is 1. The van der Waals surface area contributed by atoms with E-state index in [1.54, 1.807) is 6.07 Å². The summed E-state index contributed by atoms with van der Waals surface area (Å²) in [5, 5.41) is 5.57. The van der Waals surface area contributed by atoms with Crippen LogP contribution in [0.1, 0.15) is 22.9 Å². The molecule has 1 atom stereocenters. The summed E-state index contributed by atoms with van der Waals surface area (Å²) in [5.41, 5.74) is 2.93. The molecule has 0 aliphatic carbocycles. The number of fused-ring (bicyclic) bond motifs is 1. The van der Waals surface area contributed by atoms with Gasteiger partial charge in [0.25, 0.3) is 0 Å². The van der Waals surface area contributed by atoms with Gasteiger partial charge in [-0.15, -0.1) is 0 Å². The Bertz CT molecular complexity index is 778. The Kier molecular flexibility index (Phi) is 3.67. The lowest BCUT2D eigenvalue weighted by Crippen LogP contribution is -2.20. The maximum Gasteiger partial charge on any atom is 0.123 e. The predicted molar refractivity (Wildman–Crippen MR) is 83.8 cm³/mol. The Morgan fingerprint density at radius 1 is 1.10 bits per heavy atom. The number of benzene rings is 2. The van der Waals surface area contributed by atoms with Crippen molar-refractivity contribution in [2.45, 2.75) is 13.0 Å². The second kappa shape index (κ2) is 5.62. The largest absolute Gasteiger partial charge is 0.308 e. The minimum atomic E-state index is -0.211. The second-order valence-corrected chi connectivity index (χ2v) is 5.14. The molecule has 1 aromatic heterocycles. The van der Waals surface area contributed by atoms with Gasteiger partial charge < -0.3 is 5.32 Å². The van der Waals surface area contributed by atoms with E-state index in [1.807, 2.05) is 44.4 Å². The highest BCUT2D eigenvalue weighted by molar-refractivity contribution is 5.85. The molecule has 1 unspecified atom stereocenters. The number of pyridine rings is 1. The quantitative estimate of drug-likeness (QED) is 0.784. The predicted octanol–water partition coefficient (Wildman–Crippen LogP) is 3.99. The van der Waals surface area contributed by atoms with Crippen molar-refractivity contribution in [3.63, 3.8) is 0 Å². The number of aryl methyl sites for hydroxylation is 1. The summed E-state index contributed by atoms with van der Waals surface area (Å²) in [4.78, 5) is 4.56. The maximum atomic E-state index is 13.3. The fourth-order valence-corrected chi connectivity index (χ4v) is 2.78. The summed E-state index contributed by atoms with van der Waals surface area (Å²) in [7, 11) is 1.90. The van der Waals surface area contributed by atoms with Gasteiger partial charge in [0.1, 0.15) is 5.82 Å². The van der Waals surface area contributed by atoms with Crippen LogP contribution in [0, 0.1) is 12.7 Å². The van der Waals surface area contributed by atoms with Gasteiger partial charge in [-0.05, 0) is 48.7 Å². The Morgan fingerprint density at radius 3 is 2.67 bits per heavy atom. The van der Waals surface area contributed by atoms with Crippen LogP contribution in [-0.2, 0) is 0 Å². The molecule has 106 valence electrons. The lowest BCUT2D eigenvalue weighted by atomic mass is 9.95. The second-order valence-electron chi connectivity index (χ2n) is 5.14. The number of hydrogen-bond acceptors (Lipinski definition) is 2. The van der Waals surface area contributed by atoms with E-state index in [2.05, 4.69) is 22.4 Å². The van der Waals surface area contributed by atoms with E-state index in [-0.39, 0.29) is 11.9 Å². The molecule has 3 heteroatoms. The number of rotatable bonds is 3. The first-order valence-corrected chi connectivity index (χ1v) is 6.97. The van der Waals surface area contributed by atoms with Crippen LogP contribution in [0.25, 0.3) is 10.8 Å². The Morgan fingerprint density at radius 2 is 1.90 bits per heavy atom. The first-order chi connectivity index (χ1) is 10.2. The van der Waals surface area contributed by atoms with Crippen LogP contribution in [-0.4, -0.2) is 12.0 Å². The van der Waals surface area contributed by atoms with Crippen LogP contribution in [0.5, 0.6) is 0 Å². The monoisotopic (exact) mass is 280 g/mol. The topological polar surface area (TPSA) is 24.9 Å². The molecule has 0 radical (unpaired) electrons. The minimum Gasteiger partial charge on any atom is -0.308 e. The lowest BCUT2D eigenvalue weighted by molar-refractivity contribution is 0.620. The molecule has 21 heavy (non-hydrogen) atoms. The summed E-state index contributed by atoms with van der Waals surface area (Å²) in [6, 6.07) is 15.0. The first-order valence-electron chi connectivity index (χ1n) is 6.97. The molecule has 0 saturated carbocycles. The van der Waals surface area contributed by atoms with Crippen LogP contribution in [0.15, 0.2) is 54.7 Å². The number of halogens is 1. The Balaban J connectivity index is 2.18. The number of aromatic nitrogens is 1. The SMILES string of the molecule is CNC(c1ccc(F)cc1C)c1nccc2ccccc12. The van der Waals surface area contributed by atoms with E-state index >= 15 is 0 Å². The molecule has 0 aliphatic heterocycles. The van der Waals surface area contributed by atoms with E-state index in [0.717, 1.165) is 27.6 Å². The average molecular weight is 280 g/mol. The number of nitrogens with zero attached hydrogens (tertiary/aromatic N) is 1. The maximum absolute atomic E-state index is 13.3. The highest BCUT2D eigenvalue weighted by Gasteiger charge is 2.18. The average Bonchev–Trinajstić information content (AvgIpc) is 2.50. The van der Waals surface area contributed by atoms with E-state index in [4.69, 9.17) is 0 Å². The Labute approximate surface area is 123 Å². The van der Waals surface area contributed by atoms with Crippen LogP contribution in [0.3, 0.4) is 0 Å². The molecule has 2 aromatic carbocycles. The third-order valence-corrected chi connectivity index (χ3v) is 3.81. The van der Waals surface area contributed by atoms with Crippen LogP contribution in [0.4, 0.5) is 4.39 Å². The molecule has 1 N–H and O–H groups in total.